The van der Waals surface area contributed by atoms with Crippen molar-refractivity contribution in [1.29, 1.82) is 0 Å². The molecule has 2 rings (SSSR count). The molecular formula is C14H23N3O2S. The van der Waals surface area contributed by atoms with Gasteiger partial charge in [0.25, 0.3) is 0 Å². The van der Waals surface area contributed by atoms with E-state index in [0.717, 1.165) is 31.1 Å². The summed E-state index contributed by atoms with van der Waals surface area (Å²) in [7, 11) is -2.88. The first-order chi connectivity index (χ1) is 9.50. The lowest BCUT2D eigenvalue weighted by atomic mass is 10.2. The molecule has 0 saturated carbocycles. The van der Waals surface area contributed by atoms with E-state index >= 15 is 0 Å². The summed E-state index contributed by atoms with van der Waals surface area (Å²) in [4.78, 5) is 6.65. The summed E-state index contributed by atoms with van der Waals surface area (Å²) in [5.74, 6) is 1.42. The van der Waals surface area contributed by atoms with Crippen molar-refractivity contribution >= 4 is 15.7 Å². The van der Waals surface area contributed by atoms with Crippen molar-refractivity contribution in [3.63, 3.8) is 0 Å². The lowest BCUT2D eigenvalue weighted by molar-refractivity contribution is 0.597. The summed E-state index contributed by atoms with van der Waals surface area (Å²) < 4.78 is 23.3. The van der Waals surface area contributed by atoms with E-state index in [1.807, 2.05) is 6.92 Å². The molecule has 1 aromatic rings. The molecule has 5 nitrogen and oxygen atoms in total. The molecule has 1 saturated heterocycles. The fourth-order valence-electron chi connectivity index (χ4n) is 2.42. The van der Waals surface area contributed by atoms with Crippen LogP contribution in [0.15, 0.2) is 12.1 Å². The van der Waals surface area contributed by atoms with Crippen LogP contribution in [0, 0.1) is 6.92 Å². The maximum Gasteiger partial charge on any atom is 0.152 e. The molecule has 1 aromatic heterocycles. The van der Waals surface area contributed by atoms with Crippen LogP contribution in [0.2, 0.25) is 0 Å². The Labute approximate surface area is 121 Å². The predicted molar refractivity (Wildman–Crippen MR) is 81.8 cm³/mol. The second-order valence-corrected chi connectivity index (χ2v) is 7.55. The van der Waals surface area contributed by atoms with Gasteiger partial charge in [-0.2, -0.15) is 0 Å². The number of rotatable bonds is 4. The summed E-state index contributed by atoms with van der Waals surface area (Å²) in [6.07, 6.45) is 0.681. The Kier molecular flexibility index (Phi) is 4.99. The van der Waals surface area contributed by atoms with Gasteiger partial charge in [0, 0.05) is 25.3 Å². The number of nitrogens with one attached hydrogen (secondary N) is 1. The Balaban J connectivity index is 2.17. The van der Waals surface area contributed by atoms with Crippen LogP contribution >= 0.6 is 0 Å². The van der Waals surface area contributed by atoms with Crippen molar-refractivity contribution in [2.24, 2.45) is 0 Å². The van der Waals surface area contributed by atoms with Crippen molar-refractivity contribution in [1.82, 2.24) is 10.3 Å². The zero-order valence-electron chi connectivity index (χ0n) is 12.2. The number of anilines is 1. The summed E-state index contributed by atoms with van der Waals surface area (Å²) in [5, 5.41) is 3.31. The van der Waals surface area contributed by atoms with Gasteiger partial charge in [-0.1, -0.05) is 6.92 Å². The van der Waals surface area contributed by atoms with Gasteiger partial charge in [0.15, 0.2) is 9.84 Å². The van der Waals surface area contributed by atoms with Gasteiger partial charge in [0.05, 0.1) is 11.5 Å². The minimum absolute atomic E-state index is 0.227. The number of hydrogen-bond acceptors (Lipinski definition) is 5. The van der Waals surface area contributed by atoms with Gasteiger partial charge >= 0.3 is 0 Å². The van der Waals surface area contributed by atoms with Crippen molar-refractivity contribution in [2.75, 3.05) is 36.0 Å². The molecule has 1 aliphatic heterocycles. The quantitative estimate of drug-likeness (QED) is 0.902. The number of pyridine rings is 1. The first kappa shape index (κ1) is 15.3. The molecule has 1 N–H and O–H groups in total. The first-order valence-electron chi connectivity index (χ1n) is 7.14. The summed E-state index contributed by atoms with van der Waals surface area (Å²) >= 11 is 0. The second kappa shape index (κ2) is 6.54. The van der Waals surface area contributed by atoms with Crippen LogP contribution in [0.25, 0.3) is 0 Å². The van der Waals surface area contributed by atoms with Crippen LogP contribution in [0.3, 0.4) is 0 Å². The Hall–Kier alpha value is -1.14. The highest BCUT2D eigenvalue weighted by Crippen LogP contribution is 2.17. The molecule has 0 radical (unpaired) electrons. The predicted octanol–water partition coefficient (Wildman–Crippen LogP) is 1.12. The van der Waals surface area contributed by atoms with Crippen LogP contribution < -0.4 is 10.2 Å². The number of hydrogen-bond donors (Lipinski definition) is 1. The molecule has 6 heteroatoms. The van der Waals surface area contributed by atoms with E-state index < -0.39 is 9.84 Å². The third-order valence-electron chi connectivity index (χ3n) is 3.46. The van der Waals surface area contributed by atoms with Gasteiger partial charge in [-0.05, 0) is 37.6 Å². The SMILES string of the molecule is CCNCc1cc(C)nc(N2CCCS(=O)(=O)CC2)c1. The highest BCUT2D eigenvalue weighted by molar-refractivity contribution is 7.91. The van der Waals surface area contributed by atoms with E-state index in [4.69, 9.17) is 0 Å². The average molecular weight is 297 g/mol. The van der Waals surface area contributed by atoms with Crippen LogP contribution in [0.5, 0.6) is 0 Å². The largest absolute Gasteiger partial charge is 0.356 e. The maximum absolute atomic E-state index is 11.7. The summed E-state index contributed by atoms with van der Waals surface area (Å²) in [5.41, 5.74) is 2.17. The van der Waals surface area contributed by atoms with Crippen LogP contribution in [-0.2, 0) is 16.4 Å². The molecule has 0 aliphatic carbocycles. The number of aromatic nitrogens is 1. The third-order valence-corrected chi connectivity index (χ3v) is 5.17. The smallest absolute Gasteiger partial charge is 0.152 e. The maximum atomic E-state index is 11.7. The highest BCUT2D eigenvalue weighted by Gasteiger charge is 2.20. The molecule has 0 unspecified atom stereocenters. The van der Waals surface area contributed by atoms with Gasteiger partial charge in [0.1, 0.15) is 5.82 Å². The minimum atomic E-state index is -2.88. The second-order valence-electron chi connectivity index (χ2n) is 5.25. The molecule has 112 valence electrons. The molecule has 0 atom stereocenters. The van der Waals surface area contributed by atoms with Crippen molar-refractivity contribution < 1.29 is 8.42 Å². The van der Waals surface area contributed by atoms with E-state index in [9.17, 15) is 8.42 Å². The highest BCUT2D eigenvalue weighted by atomic mass is 32.2. The molecule has 2 heterocycles. The van der Waals surface area contributed by atoms with Gasteiger partial charge in [-0.15, -0.1) is 0 Å². The standard InChI is InChI=1S/C14H23N3O2S/c1-3-15-11-13-9-12(2)16-14(10-13)17-5-4-7-20(18,19)8-6-17/h9-10,15H,3-8,11H2,1-2H3. The Bertz CT molecular complexity index is 558. The molecule has 1 aliphatic rings. The van der Waals surface area contributed by atoms with Crippen LogP contribution in [0.4, 0.5) is 5.82 Å². The fourth-order valence-corrected chi connectivity index (χ4v) is 3.69. The monoisotopic (exact) mass is 297 g/mol. The average Bonchev–Trinajstić information content (AvgIpc) is 2.57. The van der Waals surface area contributed by atoms with Crippen LogP contribution in [0.1, 0.15) is 24.6 Å². The summed E-state index contributed by atoms with van der Waals surface area (Å²) in [6.45, 7) is 7.11. The lowest BCUT2D eigenvalue weighted by Crippen LogP contribution is -2.28. The zero-order chi connectivity index (χ0) is 14.6. The van der Waals surface area contributed by atoms with Gasteiger partial charge in [0.2, 0.25) is 0 Å². The van der Waals surface area contributed by atoms with E-state index in [1.165, 1.54) is 5.56 Å². The number of nitrogens with zero attached hydrogens (tertiary/aromatic N) is 2. The minimum Gasteiger partial charge on any atom is -0.356 e. The Morgan fingerprint density at radius 1 is 1.30 bits per heavy atom. The van der Waals surface area contributed by atoms with Crippen LogP contribution in [-0.4, -0.2) is 44.5 Å². The van der Waals surface area contributed by atoms with E-state index in [1.54, 1.807) is 0 Å². The van der Waals surface area contributed by atoms with E-state index in [-0.39, 0.29) is 5.75 Å². The van der Waals surface area contributed by atoms with E-state index in [2.05, 4.69) is 34.3 Å². The molecule has 0 aromatic carbocycles. The van der Waals surface area contributed by atoms with Gasteiger partial charge < -0.3 is 10.2 Å². The topological polar surface area (TPSA) is 62.3 Å². The Morgan fingerprint density at radius 2 is 2.10 bits per heavy atom. The lowest BCUT2D eigenvalue weighted by Gasteiger charge is -2.22. The molecule has 1 fully saturated rings. The van der Waals surface area contributed by atoms with Gasteiger partial charge in [-0.3, -0.25) is 0 Å². The Morgan fingerprint density at radius 3 is 2.85 bits per heavy atom. The normalized spacial score (nSPS) is 18.8. The molecule has 20 heavy (non-hydrogen) atoms. The van der Waals surface area contributed by atoms with Crippen molar-refractivity contribution in [3.8, 4) is 0 Å². The van der Waals surface area contributed by atoms with Crippen molar-refractivity contribution in [3.05, 3.63) is 23.4 Å². The number of sulfone groups is 1. The third kappa shape index (κ3) is 4.18. The van der Waals surface area contributed by atoms with Gasteiger partial charge in [-0.25, -0.2) is 13.4 Å². The molecule has 0 spiro atoms. The fraction of sp³-hybridized carbons (Fsp3) is 0.643. The van der Waals surface area contributed by atoms with Crippen molar-refractivity contribution in [2.45, 2.75) is 26.8 Å². The zero-order valence-corrected chi connectivity index (χ0v) is 13.0. The molecular weight excluding hydrogens is 274 g/mol. The first-order valence-corrected chi connectivity index (χ1v) is 8.96. The summed E-state index contributed by atoms with van der Waals surface area (Å²) in [6, 6.07) is 4.13. The van der Waals surface area contributed by atoms with E-state index in [0.29, 0.717) is 18.7 Å². The number of aryl methyl sites for hydroxylation is 1. The molecule has 0 bridgehead atoms. The molecule has 0 amide bonds.